The number of benzene rings is 2. The molecule has 2 aromatic carbocycles. The Balaban J connectivity index is 1.55. The van der Waals surface area contributed by atoms with E-state index in [0.29, 0.717) is 30.2 Å². The van der Waals surface area contributed by atoms with Gasteiger partial charge in [0.25, 0.3) is 10.0 Å². The van der Waals surface area contributed by atoms with Crippen LogP contribution in [-0.2, 0) is 21.2 Å². The molecular formula is C22H25N3O4S. The van der Waals surface area contributed by atoms with E-state index in [1.54, 1.807) is 19.1 Å². The van der Waals surface area contributed by atoms with Crippen molar-refractivity contribution in [3.05, 3.63) is 71.5 Å². The summed E-state index contributed by atoms with van der Waals surface area (Å²) in [7, 11) is -3.79. The van der Waals surface area contributed by atoms with Crippen molar-refractivity contribution < 1.29 is 17.7 Å². The molecule has 30 heavy (non-hydrogen) atoms. The second-order valence-corrected chi connectivity index (χ2v) is 9.08. The lowest BCUT2D eigenvalue weighted by Crippen LogP contribution is -2.14. The van der Waals surface area contributed by atoms with Crippen molar-refractivity contribution in [3.8, 4) is 0 Å². The molecule has 0 radical (unpaired) electrons. The Bertz CT molecular complexity index is 1100. The van der Waals surface area contributed by atoms with Gasteiger partial charge < -0.3 is 9.84 Å². The zero-order chi connectivity index (χ0) is 21.7. The topological polar surface area (TPSA) is 101 Å². The van der Waals surface area contributed by atoms with Crippen LogP contribution >= 0.6 is 0 Å². The third-order valence-corrected chi connectivity index (χ3v) is 5.97. The highest BCUT2D eigenvalue weighted by atomic mass is 32.2. The largest absolute Gasteiger partial charge is 0.360 e. The summed E-state index contributed by atoms with van der Waals surface area (Å²) in [6, 6.07) is 15.7. The first kappa shape index (κ1) is 21.6. The molecule has 8 heteroatoms. The summed E-state index contributed by atoms with van der Waals surface area (Å²) in [5.74, 6) is 0.965. The zero-order valence-corrected chi connectivity index (χ0v) is 18.0. The fourth-order valence-corrected chi connectivity index (χ4v) is 3.86. The van der Waals surface area contributed by atoms with E-state index in [2.05, 4.69) is 41.2 Å². The Morgan fingerprint density at radius 2 is 1.73 bits per heavy atom. The first-order chi connectivity index (χ1) is 14.2. The van der Waals surface area contributed by atoms with Crippen LogP contribution in [0.15, 0.2) is 64.0 Å². The number of rotatable bonds is 8. The highest BCUT2D eigenvalue weighted by Crippen LogP contribution is 2.19. The number of carbonyl (C=O) groups excluding carboxylic acids is 1. The van der Waals surface area contributed by atoms with Gasteiger partial charge in [0.2, 0.25) is 5.91 Å². The number of amides is 1. The zero-order valence-electron chi connectivity index (χ0n) is 17.2. The summed E-state index contributed by atoms with van der Waals surface area (Å²) in [6.45, 7) is 5.96. The number of nitrogens with one attached hydrogen (secondary N) is 2. The van der Waals surface area contributed by atoms with Crippen LogP contribution < -0.4 is 10.0 Å². The molecule has 0 fully saturated rings. The minimum absolute atomic E-state index is 0.0615. The molecule has 0 atom stereocenters. The van der Waals surface area contributed by atoms with Crippen LogP contribution in [0.3, 0.4) is 0 Å². The minimum atomic E-state index is -3.79. The first-order valence-corrected chi connectivity index (χ1v) is 11.2. The monoisotopic (exact) mass is 427 g/mol. The summed E-state index contributed by atoms with van der Waals surface area (Å²) in [4.78, 5) is 12.3. The van der Waals surface area contributed by atoms with Gasteiger partial charge in [0, 0.05) is 18.2 Å². The summed E-state index contributed by atoms with van der Waals surface area (Å²) in [6.07, 6.45) is 0.978. The van der Waals surface area contributed by atoms with E-state index < -0.39 is 10.0 Å². The van der Waals surface area contributed by atoms with Crippen molar-refractivity contribution in [2.45, 2.75) is 44.4 Å². The molecule has 7 nitrogen and oxygen atoms in total. The Morgan fingerprint density at radius 1 is 1.07 bits per heavy atom. The second kappa shape index (κ2) is 9.13. The van der Waals surface area contributed by atoms with Crippen molar-refractivity contribution in [1.82, 2.24) is 5.16 Å². The molecule has 3 rings (SSSR count). The van der Waals surface area contributed by atoms with Gasteiger partial charge in [-0.05, 0) is 54.7 Å². The Morgan fingerprint density at radius 3 is 2.30 bits per heavy atom. The number of aryl methyl sites for hydroxylation is 2. The van der Waals surface area contributed by atoms with Crippen LogP contribution in [0.1, 0.15) is 43.1 Å². The third kappa shape index (κ3) is 5.70. The van der Waals surface area contributed by atoms with Crippen molar-refractivity contribution in [2.75, 3.05) is 10.0 Å². The van der Waals surface area contributed by atoms with E-state index in [4.69, 9.17) is 4.52 Å². The van der Waals surface area contributed by atoms with Crippen molar-refractivity contribution in [1.29, 1.82) is 0 Å². The molecule has 3 aromatic rings. The fraction of sp³-hybridized carbons (Fsp3) is 0.273. The number of sulfonamides is 1. The molecule has 158 valence electrons. The maximum absolute atomic E-state index is 12.4. The number of hydrogen-bond acceptors (Lipinski definition) is 5. The molecule has 0 spiro atoms. The fourth-order valence-electron chi connectivity index (χ4n) is 2.88. The average Bonchev–Trinajstić information content (AvgIpc) is 3.11. The van der Waals surface area contributed by atoms with E-state index in [1.165, 1.54) is 23.8 Å². The van der Waals surface area contributed by atoms with Crippen LogP contribution in [0, 0.1) is 6.92 Å². The van der Waals surface area contributed by atoms with Crippen LogP contribution in [0.5, 0.6) is 0 Å². The molecule has 0 aliphatic rings. The predicted octanol–water partition coefficient (Wildman–Crippen LogP) is 4.48. The van der Waals surface area contributed by atoms with Gasteiger partial charge in [-0.3, -0.25) is 9.52 Å². The number of anilines is 2. The second-order valence-electron chi connectivity index (χ2n) is 7.40. The van der Waals surface area contributed by atoms with Gasteiger partial charge in [-0.2, -0.15) is 0 Å². The van der Waals surface area contributed by atoms with E-state index in [1.807, 2.05) is 12.1 Å². The van der Waals surface area contributed by atoms with Gasteiger partial charge in [-0.15, -0.1) is 0 Å². The van der Waals surface area contributed by atoms with Crippen molar-refractivity contribution >= 4 is 27.4 Å². The summed E-state index contributed by atoms with van der Waals surface area (Å²) >= 11 is 0. The molecule has 0 saturated carbocycles. The molecule has 1 amide bonds. The van der Waals surface area contributed by atoms with E-state index in [9.17, 15) is 13.2 Å². The first-order valence-electron chi connectivity index (χ1n) is 9.68. The predicted molar refractivity (Wildman–Crippen MR) is 116 cm³/mol. The maximum Gasteiger partial charge on any atom is 0.263 e. The highest BCUT2D eigenvalue weighted by Gasteiger charge is 2.16. The van der Waals surface area contributed by atoms with Crippen LogP contribution in [0.2, 0.25) is 0 Å². The van der Waals surface area contributed by atoms with Gasteiger partial charge in [-0.25, -0.2) is 8.42 Å². The Labute approximate surface area is 176 Å². The van der Waals surface area contributed by atoms with Crippen molar-refractivity contribution in [2.24, 2.45) is 0 Å². The summed E-state index contributed by atoms with van der Waals surface area (Å²) in [5, 5.41) is 6.41. The molecule has 2 N–H and O–H groups in total. The molecule has 0 aliphatic carbocycles. The smallest absolute Gasteiger partial charge is 0.263 e. The molecule has 0 aliphatic heterocycles. The summed E-state index contributed by atoms with van der Waals surface area (Å²) in [5.41, 5.74) is 2.91. The standard InChI is InChI=1S/C22H25N3O4S/c1-15(2)18-7-4-17(5-8-18)6-13-22(26)23-19-9-11-20(12-10-19)30(27,28)25-21-14-16(3)29-24-21/h4-5,7-12,14-15H,6,13H2,1-3H3,(H,23,26)(H,24,25). The van der Waals surface area contributed by atoms with Gasteiger partial charge in [-0.1, -0.05) is 43.3 Å². The van der Waals surface area contributed by atoms with Gasteiger partial charge in [0.05, 0.1) is 4.90 Å². The van der Waals surface area contributed by atoms with E-state index >= 15 is 0 Å². The SMILES string of the molecule is Cc1cc(NS(=O)(=O)c2ccc(NC(=O)CCc3ccc(C(C)C)cc3)cc2)no1. The molecular weight excluding hydrogens is 402 g/mol. The number of carbonyl (C=O) groups is 1. The number of aromatic nitrogens is 1. The molecule has 1 aromatic heterocycles. The van der Waals surface area contributed by atoms with Crippen LogP contribution in [-0.4, -0.2) is 19.5 Å². The summed E-state index contributed by atoms with van der Waals surface area (Å²) < 4.78 is 32.0. The quantitative estimate of drug-likeness (QED) is 0.552. The van der Waals surface area contributed by atoms with Crippen LogP contribution in [0.4, 0.5) is 11.5 Å². The lowest BCUT2D eigenvalue weighted by Gasteiger charge is -2.09. The number of hydrogen-bond donors (Lipinski definition) is 2. The van der Waals surface area contributed by atoms with Gasteiger partial charge in [0.15, 0.2) is 5.82 Å². The highest BCUT2D eigenvalue weighted by molar-refractivity contribution is 7.92. The Hall–Kier alpha value is -3.13. The molecule has 0 saturated heterocycles. The van der Waals surface area contributed by atoms with Crippen molar-refractivity contribution in [3.63, 3.8) is 0 Å². The lowest BCUT2D eigenvalue weighted by molar-refractivity contribution is -0.116. The third-order valence-electron chi connectivity index (χ3n) is 4.60. The molecule has 0 unspecified atom stereocenters. The maximum atomic E-state index is 12.4. The minimum Gasteiger partial charge on any atom is -0.360 e. The van der Waals surface area contributed by atoms with Gasteiger partial charge >= 0.3 is 0 Å². The Kier molecular flexibility index (Phi) is 6.56. The normalized spacial score (nSPS) is 11.5. The van der Waals surface area contributed by atoms with E-state index in [0.717, 1.165) is 5.56 Å². The lowest BCUT2D eigenvalue weighted by atomic mass is 10.0. The number of nitrogens with zero attached hydrogens (tertiary/aromatic N) is 1. The van der Waals surface area contributed by atoms with Gasteiger partial charge in [0.1, 0.15) is 5.76 Å². The van der Waals surface area contributed by atoms with E-state index in [-0.39, 0.29) is 16.6 Å². The average molecular weight is 428 g/mol. The molecule has 0 bridgehead atoms. The molecule has 1 heterocycles. The van der Waals surface area contributed by atoms with Crippen LogP contribution in [0.25, 0.3) is 0 Å².